The number of aryl methyl sites for hydroxylation is 1. The number of benzene rings is 1. The molecule has 1 fully saturated rings. The molecule has 1 aromatic rings. The highest BCUT2D eigenvalue weighted by atomic mass is 16.2. The lowest BCUT2D eigenvalue weighted by Crippen LogP contribution is -2.28. The summed E-state index contributed by atoms with van der Waals surface area (Å²) < 4.78 is 0. The van der Waals surface area contributed by atoms with Gasteiger partial charge in [-0.2, -0.15) is 0 Å². The lowest BCUT2D eigenvalue weighted by Gasteiger charge is -2.16. The van der Waals surface area contributed by atoms with Crippen molar-refractivity contribution in [2.45, 2.75) is 39.0 Å². The van der Waals surface area contributed by atoms with E-state index in [1.165, 1.54) is 19.3 Å². The molecule has 0 bridgehead atoms. The van der Waals surface area contributed by atoms with Gasteiger partial charge in [0.1, 0.15) is 0 Å². The van der Waals surface area contributed by atoms with E-state index >= 15 is 0 Å². The summed E-state index contributed by atoms with van der Waals surface area (Å²) in [4.78, 5) is 14.2. The molecule has 2 N–H and O–H groups in total. The first-order valence-corrected chi connectivity index (χ1v) is 7.32. The van der Waals surface area contributed by atoms with Gasteiger partial charge in [-0.1, -0.05) is 31.5 Å². The van der Waals surface area contributed by atoms with Crippen molar-refractivity contribution in [3.63, 3.8) is 0 Å². The Labute approximate surface area is 115 Å². The van der Waals surface area contributed by atoms with Crippen LogP contribution in [0.5, 0.6) is 0 Å². The third-order valence-electron chi connectivity index (χ3n) is 4.00. The Morgan fingerprint density at radius 3 is 2.95 bits per heavy atom. The third kappa shape index (κ3) is 3.72. The summed E-state index contributed by atoms with van der Waals surface area (Å²) in [6, 6.07) is 7.80. The van der Waals surface area contributed by atoms with Crippen LogP contribution in [-0.2, 0) is 11.2 Å². The number of likely N-dealkylation sites (tertiary alicyclic amines) is 1. The van der Waals surface area contributed by atoms with Gasteiger partial charge in [-0.25, -0.2) is 0 Å². The molecule has 0 aromatic heterocycles. The second-order valence-corrected chi connectivity index (χ2v) is 5.48. The quantitative estimate of drug-likeness (QED) is 0.827. The maximum Gasteiger partial charge on any atom is 0.222 e. The molecule has 1 aromatic carbocycles. The van der Waals surface area contributed by atoms with Gasteiger partial charge in [-0.3, -0.25) is 4.79 Å². The number of anilines is 1. The van der Waals surface area contributed by atoms with Crippen LogP contribution < -0.4 is 5.73 Å². The van der Waals surface area contributed by atoms with Crippen molar-refractivity contribution < 1.29 is 4.79 Å². The molecule has 104 valence electrons. The van der Waals surface area contributed by atoms with Crippen molar-refractivity contribution in [2.75, 3.05) is 18.8 Å². The molecule has 1 aliphatic heterocycles. The fourth-order valence-electron chi connectivity index (χ4n) is 2.86. The zero-order valence-electron chi connectivity index (χ0n) is 11.8. The molecule has 3 nitrogen and oxygen atoms in total. The van der Waals surface area contributed by atoms with E-state index in [9.17, 15) is 4.79 Å². The molecule has 1 saturated heterocycles. The SMILES string of the molecule is CCCC1CCN(C(=O)CCc2ccccc2N)C1. The number of hydrogen-bond acceptors (Lipinski definition) is 2. The van der Waals surface area contributed by atoms with Crippen molar-refractivity contribution in [1.29, 1.82) is 0 Å². The highest BCUT2D eigenvalue weighted by Crippen LogP contribution is 2.22. The molecule has 19 heavy (non-hydrogen) atoms. The Morgan fingerprint density at radius 2 is 2.21 bits per heavy atom. The molecule has 1 aliphatic rings. The number of carbonyl (C=O) groups is 1. The Balaban J connectivity index is 1.81. The summed E-state index contributed by atoms with van der Waals surface area (Å²) in [5.41, 5.74) is 7.77. The van der Waals surface area contributed by atoms with E-state index in [-0.39, 0.29) is 5.91 Å². The molecule has 0 radical (unpaired) electrons. The van der Waals surface area contributed by atoms with Gasteiger partial charge in [0.2, 0.25) is 5.91 Å². The van der Waals surface area contributed by atoms with Crippen LogP contribution >= 0.6 is 0 Å². The average Bonchev–Trinajstić information content (AvgIpc) is 2.87. The highest BCUT2D eigenvalue weighted by Gasteiger charge is 2.25. The van der Waals surface area contributed by atoms with Crippen LogP contribution in [0.15, 0.2) is 24.3 Å². The third-order valence-corrected chi connectivity index (χ3v) is 4.00. The smallest absolute Gasteiger partial charge is 0.222 e. The summed E-state index contributed by atoms with van der Waals surface area (Å²) in [5, 5.41) is 0. The van der Waals surface area contributed by atoms with Gasteiger partial charge in [0.15, 0.2) is 0 Å². The van der Waals surface area contributed by atoms with Crippen molar-refractivity contribution >= 4 is 11.6 Å². The van der Waals surface area contributed by atoms with Crippen molar-refractivity contribution in [1.82, 2.24) is 4.90 Å². The second kappa shape index (κ2) is 6.60. The number of nitrogens with two attached hydrogens (primary N) is 1. The monoisotopic (exact) mass is 260 g/mol. The van der Waals surface area contributed by atoms with Gasteiger partial charge in [-0.05, 0) is 36.8 Å². The van der Waals surface area contributed by atoms with Crippen molar-refractivity contribution in [3.05, 3.63) is 29.8 Å². The largest absolute Gasteiger partial charge is 0.399 e. The minimum atomic E-state index is 0.279. The topological polar surface area (TPSA) is 46.3 Å². The molecular weight excluding hydrogens is 236 g/mol. The van der Waals surface area contributed by atoms with Crippen LogP contribution in [-0.4, -0.2) is 23.9 Å². The lowest BCUT2D eigenvalue weighted by molar-refractivity contribution is -0.130. The first kappa shape index (κ1) is 13.9. The number of rotatable bonds is 5. The van der Waals surface area contributed by atoms with Gasteiger partial charge < -0.3 is 10.6 Å². The van der Waals surface area contributed by atoms with E-state index in [1.807, 2.05) is 29.2 Å². The normalized spacial score (nSPS) is 18.8. The molecule has 0 saturated carbocycles. The first-order valence-electron chi connectivity index (χ1n) is 7.32. The van der Waals surface area contributed by atoms with Crippen LogP contribution in [0.25, 0.3) is 0 Å². The zero-order chi connectivity index (χ0) is 13.7. The molecule has 0 spiro atoms. The predicted molar refractivity (Wildman–Crippen MR) is 78.8 cm³/mol. The highest BCUT2D eigenvalue weighted by molar-refractivity contribution is 5.77. The number of carbonyl (C=O) groups excluding carboxylic acids is 1. The van der Waals surface area contributed by atoms with E-state index in [2.05, 4.69) is 6.92 Å². The summed E-state index contributed by atoms with van der Waals surface area (Å²) in [5.74, 6) is 0.998. The molecule has 1 amide bonds. The minimum absolute atomic E-state index is 0.279. The van der Waals surface area contributed by atoms with Gasteiger partial charge >= 0.3 is 0 Å². The van der Waals surface area contributed by atoms with E-state index in [1.54, 1.807) is 0 Å². The summed E-state index contributed by atoms with van der Waals surface area (Å²) in [6.45, 7) is 4.10. The first-order chi connectivity index (χ1) is 9.20. The van der Waals surface area contributed by atoms with E-state index < -0.39 is 0 Å². The van der Waals surface area contributed by atoms with Crippen LogP contribution in [0, 0.1) is 5.92 Å². The van der Waals surface area contributed by atoms with Gasteiger partial charge in [0.25, 0.3) is 0 Å². The zero-order valence-corrected chi connectivity index (χ0v) is 11.8. The lowest BCUT2D eigenvalue weighted by atomic mass is 10.0. The fraction of sp³-hybridized carbons (Fsp3) is 0.562. The van der Waals surface area contributed by atoms with Gasteiger partial charge in [0.05, 0.1) is 0 Å². The Morgan fingerprint density at radius 1 is 1.42 bits per heavy atom. The molecule has 1 atom stereocenters. The minimum Gasteiger partial charge on any atom is -0.399 e. The van der Waals surface area contributed by atoms with Crippen LogP contribution in [0.3, 0.4) is 0 Å². The predicted octanol–water partition coefficient (Wildman–Crippen LogP) is 2.85. The molecule has 1 heterocycles. The molecule has 0 aliphatic carbocycles. The Hall–Kier alpha value is -1.51. The number of para-hydroxylation sites is 1. The Bertz CT molecular complexity index is 431. The van der Waals surface area contributed by atoms with Crippen molar-refractivity contribution in [2.24, 2.45) is 5.92 Å². The van der Waals surface area contributed by atoms with Crippen LogP contribution in [0.2, 0.25) is 0 Å². The number of nitrogen functional groups attached to an aromatic ring is 1. The summed E-state index contributed by atoms with van der Waals surface area (Å²) >= 11 is 0. The van der Waals surface area contributed by atoms with E-state index in [4.69, 9.17) is 5.73 Å². The Kier molecular flexibility index (Phi) is 4.83. The van der Waals surface area contributed by atoms with Crippen molar-refractivity contribution in [3.8, 4) is 0 Å². The molecule has 1 unspecified atom stereocenters. The average molecular weight is 260 g/mol. The molecule has 2 rings (SSSR count). The molecule has 3 heteroatoms. The molecular formula is C16H24N2O. The standard InChI is InChI=1S/C16H24N2O/c1-2-5-13-10-11-18(12-13)16(19)9-8-14-6-3-4-7-15(14)17/h3-4,6-7,13H,2,5,8-12,17H2,1H3. The second-order valence-electron chi connectivity index (χ2n) is 5.48. The van der Waals surface area contributed by atoms with Gasteiger partial charge in [-0.15, -0.1) is 0 Å². The van der Waals surface area contributed by atoms with E-state index in [0.717, 1.165) is 36.7 Å². The van der Waals surface area contributed by atoms with Crippen LogP contribution in [0.4, 0.5) is 5.69 Å². The summed E-state index contributed by atoms with van der Waals surface area (Å²) in [6.07, 6.45) is 4.96. The number of amides is 1. The maximum atomic E-state index is 12.2. The number of hydrogen-bond donors (Lipinski definition) is 1. The van der Waals surface area contributed by atoms with Crippen LogP contribution in [0.1, 0.15) is 38.2 Å². The van der Waals surface area contributed by atoms with E-state index in [0.29, 0.717) is 6.42 Å². The fourth-order valence-corrected chi connectivity index (χ4v) is 2.86. The maximum absolute atomic E-state index is 12.2. The summed E-state index contributed by atoms with van der Waals surface area (Å²) in [7, 11) is 0. The number of nitrogens with zero attached hydrogens (tertiary/aromatic N) is 1. The van der Waals surface area contributed by atoms with Gasteiger partial charge in [0, 0.05) is 25.2 Å².